The van der Waals surface area contributed by atoms with E-state index in [0.717, 1.165) is 40.3 Å². The van der Waals surface area contributed by atoms with Crippen molar-refractivity contribution in [2.75, 3.05) is 14.2 Å². The van der Waals surface area contributed by atoms with E-state index in [1.165, 1.54) is 5.56 Å². The van der Waals surface area contributed by atoms with Crippen LogP contribution in [0.5, 0.6) is 11.5 Å². The Morgan fingerprint density at radius 3 is 2.43 bits per heavy atom. The van der Waals surface area contributed by atoms with Crippen molar-refractivity contribution in [3.05, 3.63) is 65.4 Å². The number of hydrogen-bond acceptors (Lipinski definition) is 2. The molecule has 0 aliphatic carbocycles. The van der Waals surface area contributed by atoms with Crippen LogP contribution in [-0.4, -0.2) is 14.2 Å². The minimum absolute atomic E-state index is 0.746. The molecule has 2 aromatic carbocycles. The average Bonchev–Trinajstić information content (AvgIpc) is 2.60. The molecule has 0 spiro atoms. The summed E-state index contributed by atoms with van der Waals surface area (Å²) in [6, 6.07) is 14.0. The second-order valence-electron chi connectivity index (χ2n) is 5.36. The summed E-state index contributed by atoms with van der Waals surface area (Å²) in [5.41, 5.74) is 1.26. The van der Waals surface area contributed by atoms with E-state index in [4.69, 9.17) is 21.1 Å². The van der Waals surface area contributed by atoms with E-state index in [1.54, 1.807) is 14.2 Å². The number of pyridine rings is 1. The predicted octanol–water partition coefficient (Wildman–Crippen LogP) is 4.04. The maximum atomic E-state index is 5.93. The van der Waals surface area contributed by atoms with Crippen LogP contribution in [0.3, 0.4) is 0 Å². The molecule has 23 heavy (non-hydrogen) atoms. The summed E-state index contributed by atoms with van der Waals surface area (Å²) < 4.78 is 13.1. The molecular weight excluding hydrogens is 310 g/mol. The first-order chi connectivity index (χ1) is 11.2. The number of rotatable bonds is 5. The van der Waals surface area contributed by atoms with Gasteiger partial charge in [-0.1, -0.05) is 23.7 Å². The number of methoxy groups -OCH3 is 2. The highest BCUT2D eigenvalue weighted by molar-refractivity contribution is 6.30. The number of aryl methyl sites for hydroxylation is 2. The Bertz CT molecular complexity index is 815. The van der Waals surface area contributed by atoms with E-state index in [-0.39, 0.29) is 0 Å². The molecule has 1 aromatic heterocycles. The fraction of sp³-hybridized carbons (Fsp3) is 0.211. The Morgan fingerprint density at radius 1 is 0.957 bits per heavy atom. The third-order valence-corrected chi connectivity index (χ3v) is 4.18. The van der Waals surface area contributed by atoms with Crippen molar-refractivity contribution >= 4 is 22.4 Å². The molecule has 0 saturated heterocycles. The van der Waals surface area contributed by atoms with Crippen LogP contribution >= 0.6 is 11.6 Å². The molecular formula is C19H19ClNO2+. The Balaban J connectivity index is 1.88. The molecule has 0 radical (unpaired) electrons. The van der Waals surface area contributed by atoms with Gasteiger partial charge < -0.3 is 9.47 Å². The molecule has 0 aliphatic rings. The molecule has 118 valence electrons. The predicted molar refractivity (Wildman–Crippen MR) is 92.4 cm³/mol. The maximum Gasteiger partial charge on any atom is 0.180 e. The smallest absolute Gasteiger partial charge is 0.180 e. The number of ether oxygens (including phenoxy) is 2. The zero-order valence-electron chi connectivity index (χ0n) is 13.3. The Kier molecular flexibility index (Phi) is 4.68. The van der Waals surface area contributed by atoms with Crippen molar-refractivity contribution in [2.24, 2.45) is 0 Å². The third-order valence-electron chi connectivity index (χ3n) is 3.93. The highest BCUT2D eigenvalue weighted by Gasteiger charge is 2.12. The lowest BCUT2D eigenvalue weighted by Crippen LogP contribution is -2.33. The maximum absolute atomic E-state index is 5.93. The highest BCUT2D eigenvalue weighted by Crippen LogP contribution is 2.34. The monoisotopic (exact) mass is 328 g/mol. The van der Waals surface area contributed by atoms with Crippen molar-refractivity contribution in [3.63, 3.8) is 0 Å². The molecule has 0 unspecified atom stereocenters. The van der Waals surface area contributed by atoms with Gasteiger partial charge in [0.2, 0.25) is 0 Å². The van der Waals surface area contributed by atoms with E-state index in [1.807, 2.05) is 24.3 Å². The summed E-state index contributed by atoms with van der Waals surface area (Å²) in [6.45, 7) is 0.887. The molecule has 0 fully saturated rings. The number of aromatic nitrogens is 1. The van der Waals surface area contributed by atoms with E-state index >= 15 is 0 Å². The third kappa shape index (κ3) is 3.40. The van der Waals surface area contributed by atoms with Gasteiger partial charge in [0.15, 0.2) is 30.4 Å². The lowest BCUT2D eigenvalue weighted by molar-refractivity contribution is -0.695. The van der Waals surface area contributed by atoms with Crippen molar-refractivity contribution in [2.45, 2.75) is 13.0 Å². The van der Waals surface area contributed by atoms with E-state index in [0.29, 0.717) is 0 Å². The van der Waals surface area contributed by atoms with Crippen LogP contribution in [-0.2, 0) is 13.0 Å². The molecule has 0 bridgehead atoms. The average molecular weight is 329 g/mol. The lowest BCUT2D eigenvalue weighted by atomic mass is 10.1. The quantitative estimate of drug-likeness (QED) is 0.659. The number of nitrogens with zero attached hydrogens (tertiary/aromatic N) is 1. The number of hydrogen-bond donors (Lipinski definition) is 0. The fourth-order valence-corrected chi connectivity index (χ4v) is 2.80. The summed E-state index contributed by atoms with van der Waals surface area (Å²) in [7, 11) is 3.32. The van der Waals surface area contributed by atoms with Gasteiger partial charge in [0.05, 0.1) is 19.6 Å². The van der Waals surface area contributed by atoms with Gasteiger partial charge in [0.1, 0.15) is 0 Å². The Labute approximate surface area is 141 Å². The van der Waals surface area contributed by atoms with Gasteiger partial charge in [-0.2, -0.15) is 0 Å². The molecule has 3 nitrogen and oxygen atoms in total. The molecule has 4 heteroatoms. The standard InChI is InChI=1S/C19H19ClNO2/c1-22-18-8-5-15-10-12-21(13-17(15)19(18)23-2)11-9-14-3-6-16(20)7-4-14/h3-8,10,12-13H,9,11H2,1-2H3/q+1. The zero-order chi connectivity index (χ0) is 16.2. The van der Waals surface area contributed by atoms with Crippen molar-refractivity contribution in [3.8, 4) is 11.5 Å². The van der Waals surface area contributed by atoms with Crippen LogP contribution in [0, 0.1) is 0 Å². The van der Waals surface area contributed by atoms with Gasteiger partial charge in [-0.3, -0.25) is 0 Å². The second kappa shape index (κ2) is 6.88. The summed E-state index contributed by atoms with van der Waals surface area (Å²) >= 11 is 5.93. The lowest BCUT2D eigenvalue weighted by Gasteiger charge is -2.09. The summed E-state index contributed by atoms with van der Waals surface area (Å²) in [5.74, 6) is 1.52. The van der Waals surface area contributed by atoms with E-state index in [2.05, 4.69) is 35.2 Å². The van der Waals surface area contributed by atoms with Crippen LogP contribution in [0.2, 0.25) is 5.02 Å². The van der Waals surface area contributed by atoms with Crippen LogP contribution in [0.4, 0.5) is 0 Å². The molecule has 0 aliphatic heterocycles. The Morgan fingerprint density at radius 2 is 1.74 bits per heavy atom. The van der Waals surface area contributed by atoms with Gasteiger partial charge in [-0.05, 0) is 35.2 Å². The van der Waals surface area contributed by atoms with E-state index in [9.17, 15) is 0 Å². The van der Waals surface area contributed by atoms with Gasteiger partial charge in [-0.15, -0.1) is 0 Å². The molecule has 0 atom stereocenters. The molecule has 0 saturated carbocycles. The van der Waals surface area contributed by atoms with Crippen LogP contribution in [0.15, 0.2) is 54.9 Å². The van der Waals surface area contributed by atoms with Crippen molar-refractivity contribution in [1.29, 1.82) is 0 Å². The summed E-state index contributed by atoms with van der Waals surface area (Å²) in [4.78, 5) is 0. The molecule has 3 aromatic rings. The van der Waals surface area contributed by atoms with Crippen LogP contribution in [0.25, 0.3) is 10.8 Å². The van der Waals surface area contributed by atoms with E-state index < -0.39 is 0 Å². The minimum atomic E-state index is 0.746. The van der Waals surface area contributed by atoms with Gasteiger partial charge in [0, 0.05) is 17.5 Å². The number of fused-ring (bicyclic) bond motifs is 1. The minimum Gasteiger partial charge on any atom is -0.493 e. The first-order valence-corrected chi connectivity index (χ1v) is 7.87. The van der Waals surface area contributed by atoms with Gasteiger partial charge in [0.25, 0.3) is 0 Å². The molecule has 3 rings (SSSR count). The summed E-state index contributed by atoms with van der Waals surface area (Å²) in [6.07, 6.45) is 5.14. The highest BCUT2D eigenvalue weighted by atomic mass is 35.5. The number of benzene rings is 2. The van der Waals surface area contributed by atoms with Crippen LogP contribution in [0.1, 0.15) is 5.56 Å². The number of halogens is 1. The molecule has 0 N–H and O–H groups in total. The van der Waals surface area contributed by atoms with Gasteiger partial charge in [-0.25, -0.2) is 4.57 Å². The molecule has 1 heterocycles. The summed E-state index contributed by atoms with van der Waals surface area (Å²) in [5, 5.41) is 2.94. The van der Waals surface area contributed by atoms with Crippen molar-refractivity contribution in [1.82, 2.24) is 0 Å². The molecule has 0 amide bonds. The zero-order valence-corrected chi connectivity index (χ0v) is 14.0. The van der Waals surface area contributed by atoms with Crippen molar-refractivity contribution < 1.29 is 14.0 Å². The first-order valence-electron chi connectivity index (χ1n) is 7.49. The first kappa shape index (κ1) is 15.6. The fourth-order valence-electron chi connectivity index (χ4n) is 2.68. The topological polar surface area (TPSA) is 22.3 Å². The normalized spacial score (nSPS) is 10.7. The second-order valence-corrected chi connectivity index (χ2v) is 5.80. The van der Waals surface area contributed by atoms with Crippen LogP contribution < -0.4 is 14.0 Å². The SMILES string of the molecule is COc1ccc2cc[n+](CCc3ccc(Cl)cc3)cc2c1OC. The Hall–Kier alpha value is -2.26. The largest absolute Gasteiger partial charge is 0.493 e. The van der Waals surface area contributed by atoms with Gasteiger partial charge >= 0.3 is 0 Å².